The van der Waals surface area contributed by atoms with Gasteiger partial charge in [-0.25, -0.2) is 0 Å². The fourth-order valence-electron chi connectivity index (χ4n) is 1.74. The fraction of sp³-hybridized carbons (Fsp3) is 0.500. The third-order valence-corrected chi connectivity index (χ3v) is 2.78. The number of amides is 1. The molecule has 0 aliphatic heterocycles. The van der Waals surface area contributed by atoms with Crippen molar-refractivity contribution in [3.8, 4) is 6.07 Å². The molecule has 0 aromatic carbocycles. The molecule has 0 bridgehead atoms. The second kappa shape index (κ2) is 8.09. The van der Waals surface area contributed by atoms with E-state index in [4.69, 9.17) is 5.26 Å². The Morgan fingerprint density at radius 2 is 2.32 bits per heavy atom. The van der Waals surface area contributed by atoms with Crippen LogP contribution in [0.1, 0.15) is 37.0 Å². The second-order valence-electron chi connectivity index (χ2n) is 4.14. The molecule has 19 heavy (non-hydrogen) atoms. The predicted molar refractivity (Wildman–Crippen MR) is 74.8 cm³/mol. The fourth-order valence-corrected chi connectivity index (χ4v) is 1.74. The monoisotopic (exact) mass is 260 g/mol. The van der Waals surface area contributed by atoms with Gasteiger partial charge in [0.15, 0.2) is 0 Å². The van der Waals surface area contributed by atoms with Crippen LogP contribution in [0.5, 0.6) is 0 Å². The number of nitriles is 1. The summed E-state index contributed by atoms with van der Waals surface area (Å²) in [5.74, 6) is -0.0567. The van der Waals surface area contributed by atoms with Crippen LogP contribution in [0.2, 0.25) is 0 Å². The molecule has 0 unspecified atom stereocenters. The molecule has 0 saturated heterocycles. The summed E-state index contributed by atoms with van der Waals surface area (Å²) in [5.41, 5.74) is 1.37. The first-order valence-corrected chi connectivity index (χ1v) is 6.58. The third-order valence-electron chi connectivity index (χ3n) is 2.78. The van der Waals surface area contributed by atoms with Gasteiger partial charge in [-0.2, -0.15) is 5.26 Å². The predicted octanol–water partition coefficient (Wildman–Crippen LogP) is 2.28. The maximum absolute atomic E-state index is 12.4. The topological polar surface area (TPSA) is 69.0 Å². The van der Waals surface area contributed by atoms with Crippen LogP contribution in [0.25, 0.3) is 0 Å². The van der Waals surface area contributed by atoms with Crippen LogP contribution < -0.4 is 5.32 Å². The molecular formula is C14H20N4O. The lowest BCUT2D eigenvalue weighted by molar-refractivity contribution is 0.0768. The molecule has 1 aromatic heterocycles. The number of nitrogens with zero attached hydrogens (tertiary/aromatic N) is 3. The van der Waals surface area contributed by atoms with E-state index in [1.165, 1.54) is 0 Å². The minimum absolute atomic E-state index is 0.0567. The van der Waals surface area contributed by atoms with E-state index < -0.39 is 0 Å². The van der Waals surface area contributed by atoms with Crippen LogP contribution in [-0.2, 0) is 0 Å². The summed E-state index contributed by atoms with van der Waals surface area (Å²) in [7, 11) is 0. The van der Waals surface area contributed by atoms with E-state index in [0.29, 0.717) is 25.1 Å². The summed E-state index contributed by atoms with van der Waals surface area (Å²) in [6.45, 7) is 5.83. The lowest BCUT2D eigenvalue weighted by Gasteiger charge is -2.21. The van der Waals surface area contributed by atoms with E-state index in [2.05, 4.69) is 23.3 Å². The maximum atomic E-state index is 12.4. The molecule has 102 valence electrons. The molecule has 1 N–H and O–H groups in total. The molecule has 0 aliphatic rings. The molecule has 0 fully saturated rings. The standard InChI is InChI=1S/C14H20N4O/c1-3-8-17-13-11-16-9-6-12(13)14(19)18(4-2)10-5-7-15/h6,9,11,17H,3-5,8,10H2,1-2H3. The number of carbonyl (C=O) groups excluding carboxylic acids is 1. The van der Waals surface area contributed by atoms with Crippen LogP contribution in [-0.4, -0.2) is 35.4 Å². The maximum Gasteiger partial charge on any atom is 0.256 e. The van der Waals surface area contributed by atoms with E-state index in [1.807, 2.05) is 6.92 Å². The largest absolute Gasteiger partial charge is 0.383 e. The van der Waals surface area contributed by atoms with E-state index in [9.17, 15) is 4.79 Å². The summed E-state index contributed by atoms with van der Waals surface area (Å²) in [4.78, 5) is 18.1. The van der Waals surface area contributed by atoms with Crippen molar-refractivity contribution >= 4 is 11.6 Å². The number of carbonyl (C=O) groups is 1. The normalized spacial score (nSPS) is 9.74. The van der Waals surface area contributed by atoms with Crippen molar-refractivity contribution in [1.82, 2.24) is 9.88 Å². The number of aromatic nitrogens is 1. The Balaban J connectivity index is 2.88. The van der Waals surface area contributed by atoms with Gasteiger partial charge in [0.1, 0.15) is 0 Å². The van der Waals surface area contributed by atoms with Gasteiger partial charge in [0, 0.05) is 25.8 Å². The van der Waals surface area contributed by atoms with Crippen LogP contribution in [0, 0.1) is 11.3 Å². The minimum atomic E-state index is -0.0567. The van der Waals surface area contributed by atoms with Gasteiger partial charge >= 0.3 is 0 Å². The molecular weight excluding hydrogens is 240 g/mol. The van der Waals surface area contributed by atoms with Crippen molar-refractivity contribution in [2.75, 3.05) is 25.0 Å². The Bertz CT molecular complexity index is 453. The zero-order valence-corrected chi connectivity index (χ0v) is 11.5. The van der Waals surface area contributed by atoms with Gasteiger partial charge in [-0.05, 0) is 19.4 Å². The Kier molecular flexibility index (Phi) is 6.37. The van der Waals surface area contributed by atoms with Crippen molar-refractivity contribution in [3.05, 3.63) is 24.0 Å². The minimum Gasteiger partial charge on any atom is -0.383 e. The van der Waals surface area contributed by atoms with Crippen molar-refractivity contribution < 1.29 is 4.79 Å². The third kappa shape index (κ3) is 4.25. The van der Waals surface area contributed by atoms with Crippen molar-refractivity contribution in [1.29, 1.82) is 5.26 Å². The highest BCUT2D eigenvalue weighted by atomic mass is 16.2. The van der Waals surface area contributed by atoms with Crippen molar-refractivity contribution in [3.63, 3.8) is 0 Å². The molecule has 0 spiro atoms. The molecule has 1 aromatic rings. The summed E-state index contributed by atoms with van der Waals surface area (Å²) < 4.78 is 0. The number of hydrogen-bond donors (Lipinski definition) is 1. The van der Waals surface area contributed by atoms with Crippen molar-refractivity contribution in [2.45, 2.75) is 26.7 Å². The first-order chi connectivity index (χ1) is 9.24. The highest BCUT2D eigenvalue weighted by Gasteiger charge is 2.17. The van der Waals surface area contributed by atoms with E-state index >= 15 is 0 Å². The molecule has 0 saturated carbocycles. The number of anilines is 1. The van der Waals surface area contributed by atoms with E-state index in [0.717, 1.165) is 18.7 Å². The Labute approximate surface area is 114 Å². The lowest BCUT2D eigenvalue weighted by Crippen LogP contribution is -2.32. The van der Waals surface area contributed by atoms with Crippen LogP contribution >= 0.6 is 0 Å². The molecule has 0 radical (unpaired) electrons. The summed E-state index contributed by atoms with van der Waals surface area (Å²) in [5, 5.41) is 11.8. The molecule has 0 aliphatic carbocycles. The SMILES string of the molecule is CCCNc1cnccc1C(=O)N(CC)CCC#N. The average Bonchev–Trinajstić information content (AvgIpc) is 2.46. The van der Waals surface area contributed by atoms with Gasteiger partial charge in [-0.15, -0.1) is 0 Å². The zero-order valence-electron chi connectivity index (χ0n) is 11.5. The lowest BCUT2D eigenvalue weighted by atomic mass is 10.2. The van der Waals surface area contributed by atoms with Crippen molar-refractivity contribution in [2.24, 2.45) is 0 Å². The number of rotatable bonds is 7. The quantitative estimate of drug-likeness (QED) is 0.816. The summed E-state index contributed by atoms with van der Waals surface area (Å²) in [6, 6.07) is 3.78. The molecule has 1 amide bonds. The van der Waals surface area contributed by atoms with Gasteiger partial charge in [-0.1, -0.05) is 6.92 Å². The van der Waals surface area contributed by atoms with Gasteiger partial charge in [0.2, 0.25) is 0 Å². The van der Waals surface area contributed by atoms with Gasteiger partial charge in [-0.3, -0.25) is 9.78 Å². The Morgan fingerprint density at radius 1 is 1.53 bits per heavy atom. The first-order valence-electron chi connectivity index (χ1n) is 6.58. The molecule has 0 atom stereocenters. The number of pyridine rings is 1. The van der Waals surface area contributed by atoms with Crippen LogP contribution in [0.15, 0.2) is 18.5 Å². The average molecular weight is 260 g/mol. The van der Waals surface area contributed by atoms with E-state index in [-0.39, 0.29) is 5.91 Å². The summed E-state index contributed by atoms with van der Waals surface area (Å²) >= 11 is 0. The van der Waals surface area contributed by atoms with Gasteiger partial charge in [0.05, 0.1) is 29.9 Å². The molecule has 1 rings (SSSR count). The number of nitrogens with one attached hydrogen (secondary N) is 1. The highest BCUT2D eigenvalue weighted by Crippen LogP contribution is 2.16. The van der Waals surface area contributed by atoms with Crippen LogP contribution in [0.3, 0.4) is 0 Å². The first kappa shape index (κ1) is 15.0. The Hall–Kier alpha value is -2.09. The molecule has 1 heterocycles. The molecule has 5 heteroatoms. The molecule has 5 nitrogen and oxygen atoms in total. The number of hydrogen-bond acceptors (Lipinski definition) is 4. The van der Waals surface area contributed by atoms with E-state index in [1.54, 1.807) is 23.4 Å². The zero-order chi connectivity index (χ0) is 14.1. The smallest absolute Gasteiger partial charge is 0.256 e. The highest BCUT2D eigenvalue weighted by molar-refractivity contribution is 5.99. The van der Waals surface area contributed by atoms with Crippen LogP contribution in [0.4, 0.5) is 5.69 Å². The second-order valence-corrected chi connectivity index (χ2v) is 4.14. The van der Waals surface area contributed by atoms with Gasteiger partial charge < -0.3 is 10.2 Å². The summed E-state index contributed by atoms with van der Waals surface area (Å²) in [6.07, 6.45) is 4.61. The Morgan fingerprint density at radius 3 is 2.95 bits per heavy atom. The van der Waals surface area contributed by atoms with Gasteiger partial charge in [0.25, 0.3) is 5.91 Å².